The van der Waals surface area contributed by atoms with E-state index in [1.807, 2.05) is 6.07 Å². The van der Waals surface area contributed by atoms with Gasteiger partial charge in [0, 0.05) is 18.7 Å². The van der Waals surface area contributed by atoms with Crippen LogP contribution in [0.2, 0.25) is 0 Å². The van der Waals surface area contributed by atoms with Crippen LogP contribution in [-0.2, 0) is 16.6 Å². The first kappa shape index (κ1) is 20.8. The Morgan fingerprint density at radius 2 is 1.91 bits per heavy atom. The molecule has 33 heavy (non-hydrogen) atoms. The van der Waals surface area contributed by atoms with Crippen LogP contribution in [0.4, 0.5) is 0 Å². The van der Waals surface area contributed by atoms with Crippen LogP contribution in [0.25, 0.3) is 21.9 Å². The summed E-state index contributed by atoms with van der Waals surface area (Å²) in [6.07, 6.45) is -1.20. The second-order valence-electron chi connectivity index (χ2n) is 7.79. The number of rotatable bonds is 4. The van der Waals surface area contributed by atoms with Crippen LogP contribution in [0, 0.1) is 0 Å². The van der Waals surface area contributed by atoms with E-state index in [9.17, 15) is 14.4 Å². The van der Waals surface area contributed by atoms with Gasteiger partial charge in [-0.25, -0.2) is 9.59 Å². The van der Waals surface area contributed by atoms with E-state index in [0.29, 0.717) is 22.2 Å². The van der Waals surface area contributed by atoms with Crippen molar-refractivity contribution in [1.82, 2.24) is 4.57 Å². The number of nitrogens with zero attached hydrogens (tertiary/aromatic N) is 1. The molecule has 2 aromatic heterocycles. The number of fused-ring (bicyclic) bond motifs is 4. The third-order valence-electron chi connectivity index (χ3n) is 5.97. The Hall–Kier alpha value is -4.07. The topological polar surface area (TPSA) is 97.0 Å². The molecule has 0 aliphatic carbocycles. The minimum Gasteiger partial charge on any atom is -0.497 e. The molecule has 0 fully saturated rings. The fourth-order valence-electron chi connectivity index (χ4n) is 4.42. The van der Waals surface area contributed by atoms with Crippen LogP contribution in [0.1, 0.15) is 24.0 Å². The number of benzene rings is 2. The predicted octanol–water partition coefficient (Wildman–Crippen LogP) is 3.11. The van der Waals surface area contributed by atoms with Crippen molar-refractivity contribution >= 4 is 27.8 Å². The zero-order valence-corrected chi connectivity index (χ0v) is 18.3. The maximum absolute atomic E-state index is 13.5. The molecule has 5 rings (SSSR count). The first-order valence-corrected chi connectivity index (χ1v) is 10.5. The molecule has 168 valence electrons. The number of ether oxygens (including phenoxy) is 3. The smallest absolute Gasteiger partial charge is 0.348 e. The molecule has 2 atom stereocenters. The molecule has 4 aromatic rings. The van der Waals surface area contributed by atoms with Crippen molar-refractivity contribution in [3.8, 4) is 11.5 Å². The van der Waals surface area contributed by atoms with Crippen LogP contribution in [-0.4, -0.2) is 30.4 Å². The van der Waals surface area contributed by atoms with Crippen LogP contribution in [0.5, 0.6) is 11.5 Å². The van der Waals surface area contributed by atoms with E-state index in [0.717, 1.165) is 5.39 Å². The van der Waals surface area contributed by atoms with Crippen LogP contribution < -0.4 is 20.7 Å². The Balaban J connectivity index is 1.80. The molecule has 0 spiro atoms. The highest BCUT2D eigenvalue weighted by molar-refractivity contribution is 5.89. The SMILES string of the molecule is CCOC(=O)C1Oc2c(c(=O)oc3ccccc23)C1c1cc2ccc(OC)cc2n(C)c1=O. The molecule has 2 aromatic carbocycles. The quantitative estimate of drug-likeness (QED) is 0.350. The molecule has 0 N–H and O–H groups in total. The summed E-state index contributed by atoms with van der Waals surface area (Å²) in [6, 6.07) is 13.9. The Kier molecular flexibility index (Phi) is 4.92. The molecule has 0 radical (unpaired) electrons. The second-order valence-corrected chi connectivity index (χ2v) is 7.79. The third kappa shape index (κ3) is 3.17. The van der Waals surface area contributed by atoms with Crippen molar-refractivity contribution in [2.75, 3.05) is 13.7 Å². The number of esters is 1. The van der Waals surface area contributed by atoms with E-state index in [-0.39, 0.29) is 29.0 Å². The van der Waals surface area contributed by atoms with Crippen molar-refractivity contribution in [2.45, 2.75) is 18.9 Å². The highest BCUT2D eigenvalue weighted by Crippen LogP contribution is 2.44. The fourth-order valence-corrected chi connectivity index (χ4v) is 4.42. The number of methoxy groups -OCH3 is 1. The van der Waals surface area contributed by atoms with E-state index >= 15 is 0 Å². The zero-order valence-electron chi connectivity index (χ0n) is 18.3. The first-order chi connectivity index (χ1) is 15.9. The van der Waals surface area contributed by atoms with E-state index in [1.54, 1.807) is 63.5 Å². The van der Waals surface area contributed by atoms with Crippen molar-refractivity contribution in [3.63, 3.8) is 0 Å². The van der Waals surface area contributed by atoms with Crippen molar-refractivity contribution in [1.29, 1.82) is 0 Å². The van der Waals surface area contributed by atoms with Gasteiger partial charge in [0.1, 0.15) is 17.1 Å². The van der Waals surface area contributed by atoms with Gasteiger partial charge in [-0.1, -0.05) is 12.1 Å². The number of pyridine rings is 1. The number of aryl methyl sites for hydroxylation is 1. The number of carbonyl (C=O) groups excluding carboxylic acids is 1. The average Bonchev–Trinajstić information content (AvgIpc) is 3.23. The summed E-state index contributed by atoms with van der Waals surface area (Å²) >= 11 is 0. The standard InChI is InChI=1S/C25H21NO7/c1-4-31-25(29)22-19(20-21(33-22)15-7-5-6-8-18(15)32-24(20)28)16-11-13-9-10-14(30-3)12-17(13)26(2)23(16)27/h5-12,19,22H,4H2,1-3H3. The lowest BCUT2D eigenvalue weighted by molar-refractivity contribution is -0.151. The number of hydrogen-bond donors (Lipinski definition) is 0. The fraction of sp³-hybridized carbons (Fsp3) is 0.240. The van der Waals surface area contributed by atoms with Crippen LogP contribution in [0.15, 0.2) is 62.5 Å². The lowest BCUT2D eigenvalue weighted by Gasteiger charge is -2.18. The van der Waals surface area contributed by atoms with Gasteiger partial charge in [-0.15, -0.1) is 0 Å². The summed E-state index contributed by atoms with van der Waals surface area (Å²) in [7, 11) is 3.18. The summed E-state index contributed by atoms with van der Waals surface area (Å²) in [5, 5.41) is 1.29. The largest absolute Gasteiger partial charge is 0.497 e. The molecule has 2 unspecified atom stereocenters. The van der Waals surface area contributed by atoms with Crippen LogP contribution >= 0.6 is 0 Å². The summed E-state index contributed by atoms with van der Waals surface area (Å²) in [5.74, 6) is -0.790. The van der Waals surface area contributed by atoms with Gasteiger partial charge in [-0.3, -0.25) is 4.79 Å². The van der Waals surface area contributed by atoms with Gasteiger partial charge in [-0.05, 0) is 42.6 Å². The number of carbonyl (C=O) groups is 1. The molecule has 0 saturated carbocycles. The van der Waals surface area contributed by atoms with E-state index in [1.165, 1.54) is 4.57 Å². The van der Waals surface area contributed by atoms with Gasteiger partial charge in [0.05, 0.1) is 36.1 Å². The molecule has 0 bridgehead atoms. The summed E-state index contributed by atoms with van der Waals surface area (Å²) in [5.41, 5.74) is 0.353. The maximum atomic E-state index is 13.5. The van der Waals surface area contributed by atoms with Crippen molar-refractivity contribution in [2.24, 2.45) is 7.05 Å². The summed E-state index contributed by atoms with van der Waals surface area (Å²) in [4.78, 5) is 39.4. The molecule has 8 heteroatoms. The zero-order chi connectivity index (χ0) is 23.3. The molecule has 0 saturated heterocycles. The molecule has 0 amide bonds. The first-order valence-electron chi connectivity index (χ1n) is 10.5. The van der Waals surface area contributed by atoms with E-state index < -0.39 is 23.6 Å². The Morgan fingerprint density at radius 1 is 1.12 bits per heavy atom. The number of hydrogen-bond acceptors (Lipinski definition) is 7. The van der Waals surface area contributed by atoms with Gasteiger partial charge in [0.25, 0.3) is 5.56 Å². The lowest BCUT2D eigenvalue weighted by Crippen LogP contribution is -2.36. The monoisotopic (exact) mass is 447 g/mol. The van der Waals surface area contributed by atoms with Crippen LogP contribution in [0.3, 0.4) is 0 Å². The lowest BCUT2D eigenvalue weighted by atomic mass is 9.88. The third-order valence-corrected chi connectivity index (χ3v) is 5.97. The highest BCUT2D eigenvalue weighted by atomic mass is 16.6. The number of para-hydroxylation sites is 1. The minimum atomic E-state index is -1.20. The average molecular weight is 447 g/mol. The highest BCUT2D eigenvalue weighted by Gasteiger charge is 2.46. The molecule has 1 aliphatic heterocycles. The molecular weight excluding hydrogens is 426 g/mol. The predicted molar refractivity (Wildman–Crippen MR) is 121 cm³/mol. The van der Waals surface area contributed by atoms with Gasteiger partial charge < -0.3 is 23.2 Å². The van der Waals surface area contributed by atoms with Gasteiger partial charge in [0.15, 0.2) is 0 Å². The van der Waals surface area contributed by atoms with Gasteiger partial charge in [0.2, 0.25) is 6.10 Å². The normalized spacial score (nSPS) is 17.1. The van der Waals surface area contributed by atoms with E-state index in [2.05, 4.69) is 0 Å². The molecule has 8 nitrogen and oxygen atoms in total. The van der Waals surface area contributed by atoms with Crippen molar-refractivity contribution < 1.29 is 23.4 Å². The van der Waals surface area contributed by atoms with E-state index in [4.69, 9.17) is 18.6 Å². The van der Waals surface area contributed by atoms with Gasteiger partial charge in [-0.2, -0.15) is 0 Å². The van der Waals surface area contributed by atoms with Crippen molar-refractivity contribution in [3.05, 3.63) is 80.4 Å². The second kappa shape index (κ2) is 7.81. The molecule has 1 aliphatic rings. The Morgan fingerprint density at radius 3 is 2.67 bits per heavy atom. The summed E-state index contributed by atoms with van der Waals surface area (Å²) < 4.78 is 23.5. The minimum absolute atomic E-state index is 0.132. The Bertz CT molecular complexity index is 1530. The summed E-state index contributed by atoms with van der Waals surface area (Å²) in [6.45, 7) is 1.81. The molecule has 3 heterocycles. The maximum Gasteiger partial charge on any atom is 0.348 e. The number of aromatic nitrogens is 1. The van der Waals surface area contributed by atoms with Gasteiger partial charge >= 0.3 is 11.6 Å². The Labute approximate surface area is 187 Å². The molecular formula is C25H21NO7.